The number of nitro benzene ring substituents is 1. The van der Waals surface area contributed by atoms with Gasteiger partial charge in [0.15, 0.2) is 0 Å². The second kappa shape index (κ2) is 6.08. The fourth-order valence-corrected chi connectivity index (χ4v) is 2.01. The van der Waals surface area contributed by atoms with E-state index in [0.717, 1.165) is 4.90 Å². The molecule has 0 radical (unpaired) electrons. The number of hydrogen-bond acceptors (Lipinski definition) is 5. The zero-order valence-electron chi connectivity index (χ0n) is 10.6. The number of ether oxygens (including phenoxy) is 1. The molecule has 0 heterocycles. The SMILES string of the molecule is CSc1ccc(Oc2ccc(C#N)c([N+](=O)[O-])c2)cc1. The van der Waals surface area contributed by atoms with Gasteiger partial charge in [0, 0.05) is 4.90 Å². The summed E-state index contributed by atoms with van der Waals surface area (Å²) in [6.45, 7) is 0. The van der Waals surface area contributed by atoms with E-state index in [1.54, 1.807) is 30.0 Å². The largest absolute Gasteiger partial charge is 0.457 e. The Morgan fingerprint density at radius 3 is 2.40 bits per heavy atom. The molecule has 2 rings (SSSR count). The number of hydrogen-bond donors (Lipinski definition) is 0. The number of nitriles is 1. The first-order valence-corrected chi connectivity index (χ1v) is 6.87. The molecule has 0 saturated heterocycles. The molecule has 0 unspecified atom stereocenters. The van der Waals surface area contributed by atoms with Crippen LogP contribution in [0.5, 0.6) is 11.5 Å². The minimum absolute atomic E-state index is 0.0140. The molecule has 20 heavy (non-hydrogen) atoms. The number of nitro groups is 1. The van der Waals surface area contributed by atoms with Gasteiger partial charge in [0.2, 0.25) is 0 Å². The molecule has 0 fully saturated rings. The van der Waals surface area contributed by atoms with Gasteiger partial charge in [-0.25, -0.2) is 0 Å². The van der Waals surface area contributed by atoms with Crippen molar-refractivity contribution in [3.63, 3.8) is 0 Å². The average molecular weight is 286 g/mol. The fourth-order valence-electron chi connectivity index (χ4n) is 1.60. The Hall–Kier alpha value is -2.52. The van der Waals surface area contributed by atoms with Gasteiger partial charge in [-0.15, -0.1) is 11.8 Å². The Morgan fingerprint density at radius 1 is 1.20 bits per heavy atom. The first kappa shape index (κ1) is 13.9. The van der Waals surface area contributed by atoms with E-state index in [9.17, 15) is 10.1 Å². The zero-order valence-corrected chi connectivity index (χ0v) is 11.4. The third kappa shape index (κ3) is 3.08. The molecule has 0 spiro atoms. The van der Waals surface area contributed by atoms with Crippen molar-refractivity contribution >= 4 is 17.4 Å². The van der Waals surface area contributed by atoms with Gasteiger partial charge >= 0.3 is 0 Å². The van der Waals surface area contributed by atoms with Gasteiger partial charge in [-0.1, -0.05) is 0 Å². The minimum Gasteiger partial charge on any atom is -0.457 e. The predicted molar refractivity (Wildman–Crippen MR) is 76.1 cm³/mol. The quantitative estimate of drug-likeness (QED) is 0.482. The van der Waals surface area contributed by atoms with Crippen molar-refractivity contribution in [2.45, 2.75) is 4.90 Å². The monoisotopic (exact) mass is 286 g/mol. The van der Waals surface area contributed by atoms with Gasteiger partial charge < -0.3 is 4.74 Å². The summed E-state index contributed by atoms with van der Waals surface area (Å²) in [6, 6.07) is 13.3. The van der Waals surface area contributed by atoms with Crippen LogP contribution in [0, 0.1) is 21.4 Å². The number of benzene rings is 2. The second-order valence-corrected chi connectivity index (χ2v) is 4.71. The van der Waals surface area contributed by atoms with Crippen LogP contribution in [0.4, 0.5) is 5.69 Å². The van der Waals surface area contributed by atoms with E-state index in [1.165, 1.54) is 18.2 Å². The topological polar surface area (TPSA) is 76.2 Å². The van der Waals surface area contributed by atoms with Gasteiger partial charge in [-0.3, -0.25) is 10.1 Å². The van der Waals surface area contributed by atoms with E-state index in [-0.39, 0.29) is 11.3 Å². The van der Waals surface area contributed by atoms with Crippen LogP contribution in [-0.4, -0.2) is 11.2 Å². The molecular formula is C14H10N2O3S. The van der Waals surface area contributed by atoms with Gasteiger partial charge in [0.1, 0.15) is 23.1 Å². The highest BCUT2D eigenvalue weighted by atomic mass is 32.2. The van der Waals surface area contributed by atoms with Crippen LogP contribution in [0.1, 0.15) is 5.56 Å². The van der Waals surface area contributed by atoms with Crippen molar-refractivity contribution in [3.8, 4) is 17.6 Å². The first-order valence-electron chi connectivity index (χ1n) is 5.64. The molecule has 2 aromatic carbocycles. The summed E-state index contributed by atoms with van der Waals surface area (Å²) in [7, 11) is 0. The third-order valence-corrected chi connectivity index (χ3v) is 3.33. The molecular weight excluding hydrogens is 276 g/mol. The molecule has 0 N–H and O–H groups in total. The van der Waals surface area contributed by atoms with Crippen molar-refractivity contribution in [2.75, 3.05) is 6.26 Å². The summed E-state index contributed by atoms with van der Waals surface area (Å²) in [5.74, 6) is 0.911. The molecule has 2 aromatic rings. The standard InChI is InChI=1S/C14H10N2O3S/c1-20-13-6-4-11(5-7-13)19-12-3-2-10(9-15)14(8-12)16(17)18/h2-8H,1H3. The molecule has 6 heteroatoms. The highest BCUT2D eigenvalue weighted by Gasteiger charge is 2.15. The van der Waals surface area contributed by atoms with E-state index in [2.05, 4.69) is 0 Å². The Labute approximate surface area is 120 Å². The summed E-state index contributed by atoms with van der Waals surface area (Å²) in [5, 5.41) is 19.7. The molecule has 0 saturated carbocycles. The van der Waals surface area contributed by atoms with E-state index in [1.807, 2.05) is 18.4 Å². The Morgan fingerprint density at radius 2 is 1.85 bits per heavy atom. The van der Waals surface area contributed by atoms with Gasteiger partial charge in [-0.2, -0.15) is 5.26 Å². The lowest BCUT2D eigenvalue weighted by Gasteiger charge is -2.06. The zero-order chi connectivity index (χ0) is 14.5. The molecule has 0 aliphatic heterocycles. The maximum absolute atomic E-state index is 10.9. The van der Waals surface area contributed by atoms with Crippen LogP contribution in [0.2, 0.25) is 0 Å². The van der Waals surface area contributed by atoms with E-state index < -0.39 is 4.92 Å². The van der Waals surface area contributed by atoms with Gasteiger partial charge in [-0.05, 0) is 42.7 Å². The number of nitrogens with zero attached hydrogens (tertiary/aromatic N) is 2. The lowest BCUT2D eigenvalue weighted by Crippen LogP contribution is -1.93. The highest BCUT2D eigenvalue weighted by molar-refractivity contribution is 7.98. The summed E-state index contributed by atoms with van der Waals surface area (Å²) in [6.07, 6.45) is 1.97. The smallest absolute Gasteiger partial charge is 0.290 e. The summed E-state index contributed by atoms with van der Waals surface area (Å²) in [5.41, 5.74) is -0.245. The summed E-state index contributed by atoms with van der Waals surface area (Å²) < 4.78 is 5.55. The first-order chi connectivity index (χ1) is 9.63. The molecule has 0 atom stereocenters. The van der Waals surface area contributed by atoms with Crippen LogP contribution in [-0.2, 0) is 0 Å². The average Bonchev–Trinajstić information content (AvgIpc) is 2.48. The molecule has 0 aliphatic rings. The third-order valence-electron chi connectivity index (χ3n) is 2.58. The Bertz CT molecular complexity index is 678. The molecule has 0 amide bonds. The molecule has 0 aliphatic carbocycles. The van der Waals surface area contributed by atoms with Crippen LogP contribution < -0.4 is 4.74 Å². The molecule has 0 bridgehead atoms. The summed E-state index contributed by atoms with van der Waals surface area (Å²) in [4.78, 5) is 11.4. The van der Waals surface area contributed by atoms with Gasteiger partial charge in [0.25, 0.3) is 5.69 Å². The lowest BCUT2D eigenvalue weighted by atomic mass is 10.2. The van der Waals surface area contributed by atoms with Crippen LogP contribution in [0.3, 0.4) is 0 Å². The second-order valence-electron chi connectivity index (χ2n) is 3.83. The number of thioether (sulfide) groups is 1. The fraction of sp³-hybridized carbons (Fsp3) is 0.0714. The minimum atomic E-state index is -0.595. The van der Waals surface area contributed by atoms with E-state index in [4.69, 9.17) is 10.00 Å². The van der Waals surface area contributed by atoms with E-state index >= 15 is 0 Å². The van der Waals surface area contributed by atoms with Crippen LogP contribution in [0.15, 0.2) is 47.4 Å². The van der Waals surface area contributed by atoms with Crippen molar-refractivity contribution < 1.29 is 9.66 Å². The van der Waals surface area contributed by atoms with E-state index in [0.29, 0.717) is 11.5 Å². The maximum Gasteiger partial charge on any atom is 0.290 e. The Balaban J connectivity index is 2.27. The molecule has 5 nitrogen and oxygen atoms in total. The maximum atomic E-state index is 10.9. The van der Waals surface area contributed by atoms with Crippen molar-refractivity contribution in [2.24, 2.45) is 0 Å². The molecule has 0 aromatic heterocycles. The highest BCUT2D eigenvalue weighted by Crippen LogP contribution is 2.28. The van der Waals surface area contributed by atoms with Crippen molar-refractivity contribution in [3.05, 3.63) is 58.1 Å². The van der Waals surface area contributed by atoms with Crippen LogP contribution >= 0.6 is 11.8 Å². The predicted octanol–water partition coefficient (Wildman–Crippen LogP) is 3.98. The van der Waals surface area contributed by atoms with Crippen LogP contribution in [0.25, 0.3) is 0 Å². The molecule has 100 valence electrons. The normalized spacial score (nSPS) is 9.80. The Kier molecular flexibility index (Phi) is 4.23. The van der Waals surface area contributed by atoms with Gasteiger partial charge in [0.05, 0.1) is 11.0 Å². The number of rotatable bonds is 4. The van der Waals surface area contributed by atoms with Crippen molar-refractivity contribution in [1.29, 1.82) is 5.26 Å². The van der Waals surface area contributed by atoms with Crippen molar-refractivity contribution in [1.82, 2.24) is 0 Å². The summed E-state index contributed by atoms with van der Waals surface area (Å²) >= 11 is 1.61. The lowest BCUT2D eigenvalue weighted by molar-refractivity contribution is -0.385.